The van der Waals surface area contributed by atoms with Crippen molar-refractivity contribution in [2.45, 2.75) is 6.92 Å². The van der Waals surface area contributed by atoms with Gasteiger partial charge in [-0.2, -0.15) is 0 Å². The van der Waals surface area contributed by atoms with Crippen molar-refractivity contribution in [3.05, 3.63) is 29.3 Å². The molecule has 0 saturated heterocycles. The lowest BCUT2D eigenvalue weighted by atomic mass is 10.2. The molecule has 3 N–H and O–H groups in total. The molecular weight excluding hydrogens is 228 g/mol. The van der Waals surface area contributed by atoms with Crippen molar-refractivity contribution >= 4 is 23.3 Å². The van der Waals surface area contributed by atoms with Gasteiger partial charge < -0.3 is 15.7 Å². The van der Waals surface area contributed by atoms with E-state index in [0.717, 1.165) is 0 Å². The Hall–Kier alpha value is -1.26. The van der Waals surface area contributed by atoms with Crippen LogP contribution in [0.1, 0.15) is 6.92 Å². The summed E-state index contributed by atoms with van der Waals surface area (Å²) >= 11 is 5.88. The Balaban J connectivity index is 2.43. The van der Waals surface area contributed by atoms with Crippen molar-refractivity contribution in [3.63, 3.8) is 0 Å². The van der Waals surface area contributed by atoms with Gasteiger partial charge in [0.2, 0.25) is 0 Å². The highest BCUT2D eigenvalue weighted by Crippen LogP contribution is 2.19. The normalized spacial score (nSPS) is 11.9. The average Bonchev–Trinajstić information content (AvgIpc) is 2.29. The number of para-hydroxylation sites is 1. The topological polar surface area (TPSA) is 61.4 Å². The van der Waals surface area contributed by atoms with Gasteiger partial charge in [-0.05, 0) is 18.1 Å². The molecule has 0 spiro atoms. The molecule has 0 aromatic heterocycles. The fraction of sp³-hybridized carbons (Fsp3) is 0.364. The number of rotatable bonds is 4. The maximum atomic E-state index is 11.4. The van der Waals surface area contributed by atoms with Crippen molar-refractivity contribution in [2.75, 3.05) is 18.5 Å². The molecule has 0 aliphatic carbocycles. The summed E-state index contributed by atoms with van der Waals surface area (Å²) in [6.07, 6.45) is 0. The number of urea groups is 1. The molecule has 0 bridgehead atoms. The third kappa shape index (κ3) is 4.08. The van der Waals surface area contributed by atoms with Crippen LogP contribution >= 0.6 is 11.6 Å². The second-order valence-electron chi connectivity index (χ2n) is 3.60. The first-order chi connectivity index (χ1) is 7.63. The van der Waals surface area contributed by atoms with Gasteiger partial charge in [0.05, 0.1) is 10.7 Å². The van der Waals surface area contributed by atoms with Crippen LogP contribution in [-0.2, 0) is 0 Å². The van der Waals surface area contributed by atoms with E-state index >= 15 is 0 Å². The maximum Gasteiger partial charge on any atom is 0.319 e. The highest BCUT2D eigenvalue weighted by molar-refractivity contribution is 6.33. The van der Waals surface area contributed by atoms with Crippen LogP contribution < -0.4 is 10.6 Å². The lowest BCUT2D eigenvalue weighted by molar-refractivity contribution is 0.227. The van der Waals surface area contributed by atoms with Gasteiger partial charge in [-0.25, -0.2) is 4.79 Å². The fourth-order valence-electron chi connectivity index (χ4n) is 1.06. The number of hydrogen-bond acceptors (Lipinski definition) is 2. The highest BCUT2D eigenvalue weighted by atomic mass is 35.5. The first-order valence-electron chi connectivity index (χ1n) is 5.03. The van der Waals surface area contributed by atoms with Gasteiger partial charge in [-0.1, -0.05) is 30.7 Å². The van der Waals surface area contributed by atoms with E-state index in [2.05, 4.69) is 10.6 Å². The molecule has 0 radical (unpaired) electrons. The van der Waals surface area contributed by atoms with Crippen molar-refractivity contribution in [3.8, 4) is 0 Å². The molecule has 1 aromatic carbocycles. The average molecular weight is 243 g/mol. The molecule has 2 amide bonds. The molecule has 0 fully saturated rings. The minimum atomic E-state index is -0.326. The standard InChI is InChI=1S/C11H15ClN2O2/c1-8(7-15)6-13-11(16)14-10-5-3-2-4-9(10)12/h2-5,8,15H,6-7H2,1H3,(H2,13,14,16). The molecule has 16 heavy (non-hydrogen) atoms. The molecule has 0 heterocycles. The van der Waals surface area contributed by atoms with E-state index in [1.54, 1.807) is 24.3 Å². The van der Waals surface area contributed by atoms with Gasteiger partial charge in [0.1, 0.15) is 0 Å². The molecule has 88 valence electrons. The summed E-state index contributed by atoms with van der Waals surface area (Å²) in [5, 5.41) is 14.5. The molecule has 1 atom stereocenters. The van der Waals surface area contributed by atoms with Gasteiger partial charge >= 0.3 is 6.03 Å². The predicted octanol–water partition coefficient (Wildman–Crippen LogP) is 2.09. The Morgan fingerprint density at radius 1 is 1.50 bits per heavy atom. The minimum absolute atomic E-state index is 0.0389. The van der Waals surface area contributed by atoms with Crippen LogP contribution in [0.5, 0.6) is 0 Å². The summed E-state index contributed by atoms with van der Waals surface area (Å²) in [5.74, 6) is 0.0389. The lowest BCUT2D eigenvalue weighted by Gasteiger charge is -2.11. The Bertz CT molecular complexity index is 358. The lowest BCUT2D eigenvalue weighted by Crippen LogP contribution is -2.33. The Kier molecular flexibility index (Phi) is 5.08. The summed E-state index contributed by atoms with van der Waals surface area (Å²) in [6, 6.07) is 6.68. The molecule has 5 heteroatoms. The summed E-state index contributed by atoms with van der Waals surface area (Å²) in [5.41, 5.74) is 0.568. The van der Waals surface area contributed by atoms with Crippen LogP contribution in [0, 0.1) is 5.92 Å². The molecular formula is C11H15ClN2O2. The van der Waals surface area contributed by atoms with Gasteiger partial charge in [0.15, 0.2) is 0 Å². The maximum absolute atomic E-state index is 11.4. The number of benzene rings is 1. The highest BCUT2D eigenvalue weighted by Gasteiger charge is 2.06. The van der Waals surface area contributed by atoms with E-state index in [4.69, 9.17) is 16.7 Å². The third-order valence-corrected chi connectivity index (χ3v) is 2.37. The number of amides is 2. The zero-order chi connectivity index (χ0) is 12.0. The zero-order valence-corrected chi connectivity index (χ0v) is 9.79. The van der Waals surface area contributed by atoms with E-state index in [0.29, 0.717) is 17.3 Å². The van der Waals surface area contributed by atoms with E-state index in [9.17, 15) is 4.79 Å². The molecule has 1 rings (SSSR count). The summed E-state index contributed by atoms with van der Waals surface area (Å²) in [4.78, 5) is 11.4. The molecule has 1 unspecified atom stereocenters. The summed E-state index contributed by atoms with van der Waals surface area (Å²) in [7, 11) is 0. The Morgan fingerprint density at radius 2 is 2.19 bits per heavy atom. The summed E-state index contributed by atoms with van der Waals surface area (Å²) in [6.45, 7) is 2.31. The molecule has 0 saturated carbocycles. The second-order valence-corrected chi connectivity index (χ2v) is 4.01. The molecule has 0 aliphatic heterocycles. The van der Waals surface area contributed by atoms with E-state index in [-0.39, 0.29) is 18.6 Å². The third-order valence-electron chi connectivity index (χ3n) is 2.04. The minimum Gasteiger partial charge on any atom is -0.396 e. The Morgan fingerprint density at radius 3 is 2.81 bits per heavy atom. The van der Waals surface area contributed by atoms with Crippen LogP contribution in [0.15, 0.2) is 24.3 Å². The van der Waals surface area contributed by atoms with E-state index in [1.807, 2.05) is 6.92 Å². The van der Waals surface area contributed by atoms with E-state index in [1.165, 1.54) is 0 Å². The van der Waals surface area contributed by atoms with Crippen LogP contribution in [0.2, 0.25) is 5.02 Å². The smallest absolute Gasteiger partial charge is 0.319 e. The monoisotopic (exact) mass is 242 g/mol. The van der Waals surface area contributed by atoms with Crippen molar-refractivity contribution < 1.29 is 9.90 Å². The quantitative estimate of drug-likeness (QED) is 0.757. The number of carbonyl (C=O) groups is 1. The molecule has 4 nitrogen and oxygen atoms in total. The number of carbonyl (C=O) groups excluding carboxylic acids is 1. The van der Waals surface area contributed by atoms with Crippen LogP contribution in [0.4, 0.5) is 10.5 Å². The largest absolute Gasteiger partial charge is 0.396 e. The van der Waals surface area contributed by atoms with Crippen LogP contribution in [0.25, 0.3) is 0 Å². The Labute approximate surface area is 99.6 Å². The zero-order valence-electron chi connectivity index (χ0n) is 9.03. The predicted molar refractivity (Wildman–Crippen MR) is 64.7 cm³/mol. The number of aliphatic hydroxyl groups excluding tert-OH is 1. The van der Waals surface area contributed by atoms with Gasteiger partial charge in [0.25, 0.3) is 0 Å². The van der Waals surface area contributed by atoms with Gasteiger partial charge in [-0.15, -0.1) is 0 Å². The second kappa shape index (κ2) is 6.35. The number of hydrogen-bond donors (Lipinski definition) is 3. The van der Waals surface area contributed by atoms with Crippen molar-refractivity contribution in [2.24, 2.45) is 5.92 Å². The summed E-state index contributed by atoms with van der Waals surface area (Å²) < 4.78 is 0. The van der Waals surface area contributed by atoms with Crippen LogP contribution in [-0.4, -0.2) is 24.3 Å². The van der Waals surface area contributed by atoms with Gasteiger partial charge in [0, 0.05) is 13.2 Å². The van der Waals surface area contributed by atoms with E-state index < -0.39 is 0 Å². The van der Waals surface area contributed by atoms with Crippen molar-refractivity contribution in [1.82, 2.24) is 5.32 Å². The number of anilines is 1. The van der Waals surface area contributed by atoms with Crippen LogP contribution in [0.3, 0.4) is 0 Å². The van der Waals surface area contributed by atoms with Gasteiger partial charge in [-0.3, -0.25) is 0 Å². The number of aliphatic hydroxyl groups is 1. The molecule has 1 aromatic rings. The fourth-order valence-corrected chi connectivity index (χ4v) is 1.24. The van der Waals surface area contributed by atoms with Crippen molar-refractivity contribution in [1.29, 1.82) is 0 Å². The number of nitrogens with one attached hydrogen (secondary N) is 2. The first kappa shape index (κ1) is 12.8. The SMILES string of the molecule is CC(CO)CNC(=O)Nc1ccccc1Cl. The molecule has 0 aliphatic rings. The number of halogens is 1. The first-order valence-corrected chi connectivity index (χ1v) is 5.41.